The van der Waals surface area contributed by atoms with Crippen molar-refractivity contribution in [1.29, 1.82) is 0 Å². The van der Waals surface area contributed by atoms with E-state index in [1.807, 2.05) is 12.1 Å². The topological polar surface area (TPSA) is 50.8 Å². The maximum atomic E-state index is 11.7. The third-order valence-corrected chi connectivity index (χ3v) is 3.58. The molecule has 1 aromatic rings. The zero-order valence-electron chi connectivity index (χ0n) is 13.7. The number of ether oxygens (including phenoxy) is 2. The van der Waals surface area contributed by atoms with Crippen molar-refractivity contribution in [3.63, 3.8) is 0 Å². The summed E-state index contributed by atoms with van der Waals surface area (Å²) in [5, 5.41) is 2.64. The number of morpholine rings is 1. The highest BCUT2D eigenvalue weighted by atomic mass is 16.5. The largest absolute Gasteiger partial charge is 0.493 e. The number of hydrogen-bond donors (Lipinski definition) is 1. The molecule has 1 aromatic carbocycles. The lowest BCUT2D eigenvalue weighted by atomic mass is 10.1. The summed E-state index contributed by atoms with van der Waals surface area (Å²) in [6, 6.07) is 8.17. The summed E-state index contributed by atoms with van der Waals surface area (Å²) in [5.41, 5.74) is 1.19. The molecule has 0 unspecified atom stereocenters. The maximum Gasteiger partial charge on any atom is 0.250 e. The number of likely N-dealkylation sites (N-methyl/N-ethyl adjacent to an activating group) is 1. The third-order valence-electron chi connectivity index (χ3n) is 3.58. The van der Waals surface area contributed by atoms with E-state index in [4.69, 9.17) is 9.47 Å². The van der Waals surface area contributed by atoms with Gasteiger partial charge in [-0.05, 0) is 23.6 Å². The van der Waals surface area contributed by atoms with E-state index in [-0.39, 0.29) is 12.0 Å². The third kappa shape index (κ3) is 5.00. The molecule has 1 N–H and O–H groups in total. The zero-order valence-corrected chi connectivity index (χ0v) is 13.7. The molecule has 5 heteroatoms. The molecule has 1 aliphatic heterocycles. The van der Waals surface area contributed by atoms with Gasteiger partial charge < -0.3 is 14.8 Å². The fourth-order valence-electron chi connectivity index (χ4n) is 2.42. The summed E-state index contributed by atoms with van der Waals surface area (Å²) in [5.74, 6) is 1.36. The zero-order chi connectivity index (χ0) is 15.9. The van der Waals surface area contributed by atoms with E-state index < -0.39 is 0 Å². The highest BCUT2D eigenvalue weighted by molar-refractivity contribution is 5.80. The fourth-order valence-corrected chi connectivity index (χ4v) is 2.42. The molecule has 0 radical (unpaired) electrons. The van der Waals surface area contributed by atoms with Crippen LogP contribution in [-0.4, -0.2) is 50.3 Å². The van der Waals surface area contributed by atoms with Crippen molar-refractivity contribution in [2.45, 2.75) is 26.5 Å². The number of amides is 1. The molecule has 5 nitrogen and oxygen atoms in total. The Balaban J connectivity index is 1.92. The SMILES string of the molecule is CNC(=O)[C@@H]1CN(Cc2cccc(OCC(C)C)c2)CCO1. The van der Waals surface area contributed by atoms with Gasteiger partial charge in [-0.15, -0.1) is 0 Å². The number of nitrogens with zero attached hydrogens (tertiary/aromatic N) is 1. The van der Waals surface area contributed by atoms with Crippen LogP contribution in [0.15, 0.2) is 24.3 Å². The van der Waals surface area contributed by atoms with Gasteiger partial charge in [0, 0.05) is 26.7 Å². The van der Waals surface area contributed by atoms with E-state index in [9.17, 15) is 4.79 Å². The lowest BCUT2D eigenvalue weighted by Gasteiger charge is -2.31. The predicted octanol–water partition coefficient (Wildman–Crippen LogP) is 1.67. The van der Waals surface area contributed by atoms with Crippen LogP contribution in [0.5, 0.6) is 5.75 Å². The van der Waals surface area contributed by atoms with Gasteiger partial charge in [-0.2, -0.15) is 0 Å². The molecule has 0 spiro atoms. The van der Waals surface area contributed by atoms with Gasteiger partial charge in [0.25, 0.3) is 0 Å². The Morgan fingerprint density at radius 1 is 1.50 bits per heavy atom. The standard InChI is InChI=1S/C17H26N2O3/c1-13(2)12-22-15-6-4-5-14(9-15)10-19-7-8-21-16(11-19)17(20)18-3/h4-6,9,13,16H,7-8,10-12H2,1-3H3,(H,18,20)/t16-/m0/s1. The average Bonchev–Trinajstić information content (AvgIpc) is 2.53. The Hall–Kier alpha value is -1.59. The van der Waals surface area contributed by atoms with Crippen molar-refractivity contribution < 1.29 is 14.3 Å². The van der Waals surface area contributed by atoms with Crippen LogP contribution < -0.4 is 10.1 Å². The first kappa shape index (κ1) is 16.8. The number of rotatable bonds is 6. The Bertz CT molecular complexity index is 491. The van der Waals surface area contributed by atoms with Crippen LogP contribution in [0.4, 0.5) is 0 Å². The molecule has 0 bridgehead atoms. The van der Waals surface area contributed by atoms with E-state index >= 15 is 0 Å². The van der Waals surface area contributed by atoms with Crippen molar-refractivity contribution >= 4 is 5.91 Å². The molecular formula is C17H26N2O3. The monoisotopic (exact) mass is 306 g/mol. The van der Waals surface area contributed by atoms with Gasteiger partial charge in [-0.25, -0.2) is 0 Å². The summed E-state index contributed by atoms with van der Waals surface area (Å²) >= 11 is 0. The van der Waals surface area contributed by atoms with Crippen LogP contribution in [0.3, 0.4) is 0 Å². The second-order valence-electron chi connectivity index (χ2n) is 6.06. The van der Waals surface area contributed by atoms with Gasteiger partial charge >= 0.3 is 0 Å². The number of benzene rings is 1. The van der Waals surface area contributed by atoms with Crippen LogP contribution in [0, 0.1) is 5.92 Å². The first-order valence-corrected chi connectivity index (χ1v) is 7.85. The molecule has 1 fully saturated rings. The smallest absolute Gasteiger partial charge is 0.250 e. The minimum Gasteiger partial charge on any atom is -0.493 e. The summed E-state index contributed by atoms with van der Waals surface area (Å²) in [6.07, 6.45) is -0.376. The quantitative estimate of drug-likeness (QED) is 0.868. The molecule has 1 saturated heterocycles. The normalized spacial score (nSPS) is 19.2. The van der Waals surface area contributed by atoms with Crippen LogP contribution in [0.2, 0.25) is 0 Å². The van der Waals surface area contributed by atoms with Crippen LogP contribution in [0.25, 0.3) is 0 Å². The Morgan fingerprint density at radius 2 is 2.32 bits per heavy atom. The van der Waals surface area contributed by atoms with E-state index in [0.29, 0.717) is 19.1 Å². The van der Waals surface area contributed by atoms with Gasteiger partial charge in [0.1, 0.15) is 11.9 Å². The van der Waals surface area contributed by atoms with Gasteiger partial charge in [-0.1, -0.05) is 26.0 Å². The predicted molar refractivity (Wildman–Crippen MR) is 85.9 cm³/mol. The Labute approximate surface area is 132 Å². The van der Waals surface area contributed by atoms with E-state index in [2.05, 4.69) is 36.2 Å². The number of carbonyl (C=O) groups is 1. The molecule has 122 valence electrons. The van der Waals surface area contributed by atoms with Crippen molar-refractivity contribution in [3.05, 3.63) is 29.8 Å². The summed E-state index contributed by atoms with van der Waals surface area (Å²) in [7, 11) is 1.64. The lowest BCUT2D eigenvalue weighted by molar-refractivity contribution is -0.138. The first-order valence-electron chi connectivity index (χ1n) is 7.85. The van der Waals surface area contributed by atoms with Crippen LogP contribution in [0.1, 0.15) is 19.4 Å². The van der Waals surface area contributed by atoms with E-state index in [1.54, 1.807) is 7.05 Å². The molecule has 1 heterocycles. The molecule has 1 amide bonds. The first-order chi connectivity index (χ1) is 10.6. The molecule has 22 heavy (non-hydrogen) atoms. The van der Waals surface area contributed by atoms with Crippen LogP contribution >= 0.6 is 0 Å². The van der Waals surface area contributed by atoms with Crippen molar-refractivity contribution in [2.75, 3.05) is 33.4 Å². The van der Waals surface area contributed by atoms with Gasteiger partial charge in [0.15, 0.2) is 0 Å². The molecular weight excluding hydrogens is 280 g/mol. The second kappa shape index (κ2) is 8.15. The highest BCUT2D eigenvalue weighted by Crippen LogP contribution is 2.17. The minimum atomic E-state index is -0.376. The fraction of sp³-hybridized carbons (Fsp3) is 0.588. The minimum absolute atomic E-state index is 0.0567. The van der Waals surface area contributed by atoms with Crippen molar-refractivity contribution in [2.24, 2.45) is 5.92 Å². The number of nitrogens with one attached hydrogen (secondary N) is 1. The van der Waals surface area contributed by atoms with Gasteiger partial charge in [0.2, 0.25) is 5.91 Å². The molecule has 0 aliphatic carbocycles. The number of hydrogen-bond acceptors (Lipinski definition) is 4. The van der Waals surface area contributed by atoms with Gasteiger partial charge in [-0.3, -0.25) is 9.69 Å². The maximum absolute atomic E-state index is 11.7. The second-order valence-corrected chi connectivity index (χ2v) is 6.06. The summed E-state index contributed by atoms with van der Waals surface area (Å²) in [4.78, 5) is 13.9. The van der Waals surface area contributed by atoms with E-state index in [1.165, 1.54) is 5.56 Å². The average molecular weight is 306 g/mol. The molecule has 2 rings (SSSR count). The lowest BCUT2D eigenvalue weighted by Crippen LogP contribution is -2.48. The molecule has 0 saturated carbocycles. The molecule has 0 aromatic heterocycles. The van der Waals surface area contributed by atoms with E-state index in [0.717, 1.165) is 25.4 Å². The molecule has 1 aliphatic rings. The Kier molecular flexibility index (Phi) is 6.21. The Morgan fingerprint density at radius 3 is 3.05 bits per heavy atom. The highest BCUT2D eigenvalue weighted by Gasteiger charge is 2.25. The summed E-state index contributed by atoms with van der Waals surface area (Å²) < 4.78 is 11.3. The van der Waals surface area contributed by atoms with Crippen LogP contribution in [-0.2, 0) is 16.1 Å². The molecule has 1 atom stereocenters. The summed E-state index contributed by atoms with van der Waals surface area (Å²) in [6.45, 7) is 7.84. The van der Waals surface area contributed by atoms with Crippen molar-refractivity contribution in [1.82, 2.24) is 10.2 Å². The van der Waals surface area contributed by atoms with Crippen molar-refractivity contribution in [3.8, 4) is 5.75 Å². The van der Waals surface area contributed by atoms with Gasteiger partial charge in [0.05, 0.1) is 13.2 Å². The number of carbonyl (C=O) groups excluding carboxylic acids is 1.